The first-order chi connectivity index (χ1) is 16.0. The fourth-order valence-corrected chi connectivity index (χ4v) is 6.37. The van der Waals surface area contributed by atoms with E-state index < -0.39 is 0 Å². The molecule has 5 rings (SSSR count). The molecular weight excluding hydrogens is 460 g/mol. The highest BCUT2D eigenvalue weighted by atomic mass is 35.5. The largest absolute Gasteiger partial charge is 0.394 e. The Balaban J connectivity index is 1.24. The summed E-state index contributed by atoms with van der Waals surface area (Å²) < 4.78 is 5.83. The van der Waals surface area contributed by atoms with Crippen LogP contribution in [0.5, 0.6) is 0 Å². The molecular formula is C23H31ClN6O2S. The van der Waals surface area contributed by atoms with Crippen molar-refractivity contribution in [3.8, 4) is 0 Å². The lowest BCUT2D eigenvalue weighted by Gasteiger charge is -2.41. The first-order valence-electron chi connectivity index (χ1n) is 11.6. The maximum atomic E-state index is 9.66. The summed E-state index contributed by atoms with van der Waals surface area (Å²) >= 11 is 8.19. The molecule has 0 aromatic carbocycles. The molecule has 178 valence electrons. The van der Waals surface area contributed by atoms with E-state index in [-0.39, 0.29) is 30.2 Å². The molecule has 8 nitrogen and oxygen atoms in total. The second-order valence-electron chi connectivity index (χ2n) is 9.32. The van der Waals surface area contributed by atoms with Crippen molar-refractivity contribution in [3.05, 3.63) is 29.7 Å². The van der Waals surface area contributed by atoms with Gasteiger partial charge in [0.1, 0.15) is 16.7 Å². The third-order valence-corrected chi connectivity index (χ3v) is 8.92. The summed E-state index contributed by atoms with van der Waals surface area (Å²) in [4.78, 5) is 19.1. The van der Waals surface area contributed by atoms with Gasteiger partial charge < -0.3 is 25.4 Å². The number of nitrogens with zero attached hydrogens (tertiary/aromatic N) is 5. The second kappa shape index (κ2) is 9.54. The van der Waals surface area contributed by atoms with Gasteiger partial charge in [-0.1, -0.05) is 23.4 Å². The normalized spacial score (nSPS) is 27.0. The molecule has 10 heteroatoms. The number of nitrogens with two attached hydrogens (primary N) is 1. The summed E-state index contributed by atoms with van der Waals surface area (Å²) in [6.07, 6.45) is 9.55. The van der Waals surface area contributed by atoms with Gasteiger partial charge in [-0.3, -0.25) is 0 Å². The molecule has 1 unspecified atom stereocenters. The van der Waals surface area contributed by atoms with E-state index in [9.17, 15) is 5.11 Å². The van der Waals surface area contributed by atoms with E-state index in [1.165, 1.54) is 11.8 Å². The molecule has 0 saturated carbocycles. The number of pyridine rings is 1. The van der Waals surface area contributed by atoms with Crippen LogP contribution in [0.2, 0.25) is 5.02 Å². The van der Waals surface area contributed by atoms with Gasteiger partial charge in [-0.25, -0.2) is 15.0 Å². The van der Waals surface area contributed by atoms with Crippen molar-refractivity contribution in [2.75, 3.05) is 42.6 Å². The Morgan fingerprint density at radius 1 is 1.24 bits per heavy atom. The SMILES string of the molecule is C[C@@H]1OCC2(CCN(c3cnc(Sc4ccnc(N5CCCC5CO)c4Cl)cn3)CC2)[C@@H]1N. The van der Waals surface area contributed by atoms with Gasteiger partial charge in [-0.15, -0.1) is 0 Å². The van der Waals surface area contributed by atoms with Crippen molar-refractivity contribution in [1.82, 2.24) is 15.0 Å². The molecule has 0 aliphatic carbocycles. The lowest BCUT2D eigenvalue weighted by Crippen LogP contribution is -2.50. The molecule has 3 aliphatic rings. The second-order valence-corrected chi connectivity index (χ2v) is 10.8. The number of halogens is 1. The third-order valence-electron chi connectivity index (χ3n) is 7.45. The Morgan fingerprint density at radius 3 is 2.73 bits per heavy atom. The molecule has 2 aromatic heterocycles. The molecule has 3 fully saturated rings. The molecule has 0 radical (unpaired) electrons. The number of hydrogen-bond acceptors (Lipinski definition) is 9. The Bertz CT molecular complexity index is 972. The minimum Gasteiger partial charge on any atom is -0.394 e. The smallest absolute Gasteiger partial charge is 0.148 e. The summed E-state index contributed by atoms with van der Waals surface area (Å²) in [6.45, 7) is 5.61. The molecule has 1 spiro atoms. The number of aliphatic hydroxyl groups excluding tert-OH is 1. The maximum Gasteiger partial charge on any atom is 0.148 e. The molecule has 2 aromatic rings. The van der Waals surface area contributed by atoms with E-state index in [0.717, 1.165) is 73.5 Å². The lowest BCUT2D eigenvalue weighted by atomic mass is 9.73. The zero-order chi connectivity index (χ0) is 23.0. The summed E-state index contributed by atoms with van der Waals surface area (Å²) in [5.74, 6) is 1.62. The molecule has 33 heavy (non-hydrogen) atoms. The first kappa shape index (κ1) is 23.1. The zero-order valence-corrected chi connectivity index (χ0v) is 20.4. The van der Waals surface area contributed by atoms with Gasteiger partial charge in [-0.2, -0.15) is 0 Å². The molecule has 3 atom stereocenters. The van der Waals surface area contributed by atoms with E-state index >= 15 is 0 Å². The van der Waals surface area contributed by atoms with Crippen LogP contribution in [0.3, 0.4) is 0 Å². The average Bonchev–Trinajstić information content (AvgIpc) is 3.42. The van der Waals surface area contributed by atoms with Crippen molar-refractivity contribution in [3.63, 3.8) is 0 Å². The van der Waals surface area contributed by atoms with Crippen LogP contribution >= 0.6 is 23.4 Å². The van der Waals surface area contributed by atoms with Crippen LogP contribution in [-0.4, -0.2) is 71.1 Å². The van der Waals surface area contributed by atoms with Crippen LogP contribution in [0.15, 0.2) is 34.6 Å². The fourth-order valence-electron chi connectivity index (χ4n) is 5.29. The van der Waals surface area contributed by atoms with Crippen LogP contribution in [0, 0.1) is 5.41 Å². The minimum atomic E-state index is 0.0755. The summed E-state index contributed by atoms with van der Waals surface area (Å²) in [6, 6.07) is 2.08. The number of ether oxygens (including phenoxy) is 1. The van der Waals surface area contributed by atoms with E-state index in [1.54, 1.807) is 12.4 Å². The molecule has 5 heterocycles. The average molecular weight is 491 g/mol. The van der Waals surface area contributed by atoms with Crippen LogP contribution in [0.4, 0.5) is 11.6 Å². The van der Waals surface area contributed by atoms with Crippen molar-refractivity contribution in [1.29, 1.82) is 0 Å². The summed E-state index contributed by atoms with van der Waals surface area (Å²) in [5, 5.41) is 11.0. The Kier molecular flexibility index (Phi) is 6.68. The Hall–Kier alpha value is -1.65. The summed E-state index contributed by atoms with van der Waals surface area (Å²) in [7, 11) is 0. The summed E-state index contributed by atoms with van der Waals surface area (Å²) in [5.41, 5.74) is 6.54. The molecule has 0 amide bonds. The third kappa shape index (κ3) is 4.41. The molecule has 0 bridgehead atoms. The highest BCUT2D eigenvalue weighted by Gasteiger charge is 2.47. The first-order valence-corrected chi connectivity index (χ1v) is 12.8. The zero-order valence-electron chi connectivity index (χ0n) is 18.9. The lowest BCUT2D eigenvalue weighted by molar-refractivity contribution is 0.0974. The van der Waals surface area contributed by atoms with Gasteiger partial charge >= 0.3 is 0 Å². The van der Waals surface area contributed by atoms with Crippen molar-refractivity contribution >= 4 is 35.0 Å². The van der Waals surface area contributed by atoms with Gasteiger partial charge in [0.05, 0.1) is 42.8 Å². The predicted molar refractivity (Wildman–Crippen MR) is 130 cm³/mol. The number of piperidine rings is 1. The van der Waals surface area contributed by atoms with Gasteiger partial charge in [0, 0.05) is 42.2 Å². The van der Waals surface area contributed by atoms with Crippen LogP contribution in [0.1, 0.15) is 32.6 Å². The van der Waals surface area contributed by atoms with E-state index in [2.05, 4.69) is 31.7 Å². The Labute approximate surface area is 203 Å². The predicted octanol–water partition coefficient (Wildman–Crippen LogP) is 2.97. The van der Waals surface area contributed by atoms with Gasteiger partial charge in [0.15, 0.2) is 0 Å². The van der Waals surface area contributed by atoms with E-state index in [1.807, 2.05) is 12.3 Å². The van der Waals surface area contributed by atoms with Crippen LogP contribution in [0.25, 0.3) is 0 Å². The van der Waals surface area contributed by atoms with Gasteiger partial charge in [-0.05, 0) is 38.7 Å². The number of aromatic nitrogens is 3. The van der Waals surface area contributed by atoms with Crippen molar-refractivity contribution in [2.24, 2.45) is 11.1 Å². The van der Waals surface area contributed by atoms with E-state index in [0.29, 0.717) is 5.02 Å². The Morgan fingerprint density at radius 2 is 2.06 bits per heavy atom. The van der Waals surface area contributed by atoms with Gasteiger partial charge in [0.25, 0.3) is 0 Å². The topological polar surface area (TPSA) is 101 Å². The number of rotatable bonds is 5. The number of hydrogen-bond donors (Lipinski definition) is 2. The van der Waals surface area contributed by atoms with Crippen molar-refractivity contribution in [2.45, 2.75) is 60.7 Å². The molecule has 3 N–H and O–H groups in total. The van der Waals surface area contributed by atoms with Gasteiger partial charge in [0.2, 0.25) is 0 Å². The quantitative estimate of drug-likeness (QED) is 0.654. The molecule has 3 aliphatic heterocycles. The molecule has 3 saturated heterocycles. The maximum absolute atomic E-state index is 9.66. The number of aliphatic hydroxyl groups is 1. The van der Waals surface area contributed by atoms with Crippen LogP contribution in [-0.2, 0) is 4.74 Å². The highest BCUT2D eigenvalue weighted by molar-refractivity contribution is 7.99. The minimum absolute atomic E-state index is 0.0755. The monoisotopic (exact) mass is 490 g/mol. The highest BCUT2D eigenvalue weighted by Crippen LogP contribution is 2.42. The van der Waals surface area contributed by atoms with E-state index in [4.69, 9.17) is 22.1 Å². The standard InChI is InChI=1S/C23H31ClN6O2S/c1-15-21(25)23(14-32-15)5-9-29(10-6-23)18-11-28-19(12-27-18)33-17-4-7-26-22(20(17)24)30-8-2-3-16(30)13-31/h4,7,11-12,15-16,21,31H,2-3,5-6,8-10,13-14,25H2,1H3/t15-,16?,21+/m0/s1. The van der Waals surface area contributed by atoms with Crippen LogP contribution < -0.4 is 15.5 Å². The van der Waals surface area contributed by atoms with Crippen molar-refractivity contribution < 1.29 is 9.84 Å². The fraction of sp³-hybridized carbons (Fsp3) is 0.609. The number of anilines is 2.